The van der Waals surface area contributed by atoms with Crippen LogP contribution in [0, 0.1) is 5.41 Å². The summed E-state index contributed by atoms with van der Waals surface area (Å²) in [5.41, 5.74) is -0.428. The van der Waals surface area contributed by atoms with Crippen LogP contribution >= 0.6 is 0 Å². The van der Waals surface area contributed by atoms with Gasteiger partial charge in [-0.3, -0.25) is 0 Å². The van der Waals surface area contributed by atoms with Crippen molar-refractivity contribution in [2.75, 3.05) is 11.9 Å². The van der Waals surface area contributed by atoms with Gasteiger partial charge in [-0.1, -0.05) is 13.3 Å². The molecule has 1 fully saturated rings. The molecule has 0 radical (unpaired) electrons. The predicted molar refractivity (Wildman–Crippen MR) is 59.7 cm³/mol. The van der Waals surface area contributed by atoms with Crippen LogP contribution in [0.3, 0.4) is 0 Å². The Hall–Kier alpha value is -1.26. The summed E-state index contributed by atoms with van der Waals surface area (Å²) in [5.74, 6) is 0.506. The standard InChI is InChI=1S/C12H15F3N2/c1-11(5-2-6-11)8-17-10-4-3-9(7-16-10)12(13,14)15/h3-4,7H,2,5-6,8H2,1H3,(H,16,17). The number of rotatable bonds is 3. The number of pyridine rings is 1. The van der Waals surface area contributed by atoms with Crippen molar-refractivity contribution in [3.63, 3.8) is 0 Å². The summed E-state index contributed by atoms with van der Waals surface area (Å²) < 4.78 is 36.9. The molecular formula is C12H15F3N2. The third-order valence-electron chi connectivity index (χ3n) is 3.35. The van der Waals surface area contributed by atoms with Crippen molar-refractivity contribution < 1.29 is 13.2 Å². The molecule has 17 heavy (non-hydrogen) atoms. The summed E-state index contributed by atoms with van der Waals surface area (Å²) in [4.78, 5) is 3.78. The van der Waals surface area contributed by atoms with E-state index < -0.39 is 11.7 Å². The molecule has 0 amide bonds. The molecule has 0 unspecified atom stereocenters. The van der Waals surface area contributed by atoms with E-state index in [0.717, 1.165) is 18.8 Å². The number of hydrogen-bond donors (Lipinski definition) is 1. The molecule has 0 bridgehead atoms. The fourth-order valence-electron chi connectivity index (χ4n) is 1.93. The summed E-state index contributed by atoms with van der Waals surface area (Å²) >= 11 is 0. The maximum absolute atomic E-state index is 12.3. The third-order valence-corrected chi connectivity index (χ3v) is 3.35. The van der Waals surface area contributed by atoms with Gasteiger partial charge in [0.2, 0.25) is 0 Å². The second kappa shape index (κ2) is 4.20. The molecule has 0 saturated heterocycles. The molecule has 1 aromatic rings. The van der Waals surface area contributed by atoms with Crippen LogP contribution in [-0.4, -0.2) is 11.5 Å². The first-order chi connectivity index (χ1) is 7.89. The average molecular weight is 244 g/mol. The van der Waals surface area contributed by atoms with E-state index in [1.807, 2.05) is 0 Å². The largest absolute Gasteiger partial charge is 0.417 e. The Morgan fingerprint density at radius 3 is 2.47 bits per heavy atom. The van der Waals surface area contributed by atoms with Crippen LogP contribution in [0.15, 0.2) is 18.3 Å². The van der Waals surface area contributed by atoms with Gasteiger partial charge < -0.3 is 5.32 Å². The maximum atomic E-state index is 12.3. The predicted octanol–water partition coefficient (Wildman–Crippen LogP) is 3.70. The van der Waals surface area contributed by atoms with Crippen molar-refractivity contribution in [2.24, 2.45) is 5.41 Å². The summed E-state index contributed by atoms with van der Waals surface area (Å²) in [6.07, 6.45) is 0.122. The highest BCUT2D eigenvalue weighted by Crippen LogP contribution is 2.40. The molecule has 2 rings (SSSR count). The molecule has 2 nitrogen and oxygen atoms in total. The first-order valence-electron chi connectivity index (χ1n) is 5.66. The molecule has 94 valence electrons. The SMILES string of the molecule is CC1(CNc2ccc(C(F)(F)F)cn2)CCC1. The smallest absolute Gasteiger partial charge is 0.370 e. The van der Waals surface area contributed by atoms with Gasteiger partial charge in [0.15, 0.2) is 0 Å². The van der Waals surface area contributed by atoms with E-state index in [1.54, 1.807) is 0 Å². The molecule has 5 heteroatoms. The van der Waals surface area contributed by atoms with Crippen LogP contribution in [0.1, 0.15) is 31.7 Å². The zero-order valence-electron chi connectivity index (χ0n) is 9.64. The molecule has 1 N–H and O–H groups in total. The highest BCUT2D eigenvalue weighted by molar-refractivity contribution is 5.36. The summed E-state index contributed by atoms with van der Waals surface area (Å²) in [7, 11) is 0. The molecule has 1 heterocycles. The van der Waals surface area contributed by atoms with E-state index in [2.05, 4.69) is 17.2 Å². The molecule has 0 aliphatic heterocycles. The summed E-state index contributed by atoms with van der Waals surface area (Å²) in [6.45, 7) is 2.94. The fraction of sp³-hybridized carbons (Fsp3) is 0.583. The van der Waals surface area contributed by atoms with Gasteiger partial charge in [-0.05, 0) is 30.4 Å². The van der Waals surface area contributed by atoms with E-state index in [-0.39, 0.29) is 5.41 Å². The second-order valence-corrected chi connectivity index (χ2v) is 4.95. The lowest BCUT2D eigenvalue weighted by atomic mass is 9.70. The minimum Gasteiger partial charge on any atom is -0.370 e. The highest BCUT2D eigenvalue weighted by Gasteiger charge is 2.32. The normalized spacial score (nSPS) is 18.6. The van der Waals surface area contributed by atoms with Crippen molar-refractivity contribution >= 4 is 5.82 Å². The Labute approximate surface area is 98.2 Å². The van der Waals surface area contributed by atoms with Crippen LogP contribution < -0.4 is 5.32 Å². The van der Waals surface area contributed by atoms with E-state index >= 15 is 0 Å². The van der Waals surface area contributed by atoms with Crippen molar-refractivity contribution in [2.45, 2.75) is 32.4 Å². The summed E-state index contributed by atoms with van der Waals surface area (Å²) in [6, 6.07) is 2.43. The first-order valence-corrected chi connectivity index (χ1v) is 5.66. The average Bonchev–Trinajstić information content (AvgIpc) is 2.23. The molecule has 1 aromatic heterocycles. The molecule has 1 aliphatic carbocycles. The molecule has 0 spiro atoms. The second-order valence-electron chi connectivity index (χ2n) is 4.95. The van der Waals surface area contributed by atoms with E-state index in [9.17, 15) is 13.2 Å². The van der Waals surface area contributed by atoms with Gasteiger partial charge in [0, 0.05) is 12.7 Å². The van der Waals surface area contributed by atoms with Gasteiger partial charge in [0.1, 0.15) is 5.82 Å². The van der Waals surface area contributed by atoms with Gasteiger partial charge in [0.05, 0.1) is 5.56 Å². The maximum Gasteiger partial charge on any atom is 0.417 e. The van der Waals surface area contributed by atoms with Gasteiger partial charge in [-0.15, -0.1) is 0 Å². The Bertz CT molecular complexity index is 380. The van der Waals surface area contributed by atoms with Crippen molar-refractivity contribution in [3.8, 4) is 0 Å². The Morgan fingerprint density at radius 2 is 2.06 bits per heavy atom. The first kappa shape index (κ1) is 12.2. The van der Waals surface area contributed by atoms with Crippen molar-refractivity contribution in [3.05, 3.63) is 23.9 Å². The summed E-state index contributed by atoms with van der Waals surface area (Å²) in [5, 5.41) is 3.09. The van der Waals surface area contributed by atoms with E-state index in [0.29, 0.717) is 5.82 Å². The number of alkyl halides is 3. The number of hydrogen-bond acceptors (Lipinski definition) is 2. The molecule has 0 aromatic carbocycles. The monoisotopic (exact) mass is 244 g/mol. The minimum absolute atomic E-state index is 0.282. The van der Waals surface area contributed by atoms with E-state index in [4.69, 9.17) is 0 Å². The number of aromatic nitrogens is 1. The lowest BCUT2D eigenvalue weighted by Gasteiger charge is -2.38. The van der Waals surface area contributed by atoms with Crippen LogP contribution in [0.2, 0.25) is 0 Å². The van der Waals surface area contributed by atoms with Gasteiger partial charge in [-0.2, -0.15) is 13.2 Å². The Morgan fingerprint density at radius 1 is 1.35 bits per heavy atom. The lowest BCUT2D eigenvalue weighted by Crippen LogP contribution is -2.33. The molecule has 0 atom stereocenters. The molecular weight excluding hydrogens is 229 g/mol. The van der Waals surface area contributed by atoms with Crippen LogP contribution in [0.25, 0.3) is 0 Å². The van der Waals surface area contributed by atoms with Gasteiger partial charge in [-0.25, -0.2) is 4.98 Å². The van der Waals surface area contributed by atoms with Crippen LogP contribution in [0.5, 0.6) is 0 Å². The zero-order chi connectivity index (χ0) is 12.5. The zero-order valence-corrected chi connectivity index (χ0v) is 9.64. The van der Waals surface area contributed by atoms with Crippen LogP contribution in [0.4, 0.5) is 19.0 Å². The Kier molecular flexibility index (Phi) is 3.02. The Balaban J connectivity index is 1.94. The third kappa shape index (κ3) is 2.90. The van der Waals surface area contributed by atoms with Gasteiger partial charge in [0.25, 0.3) is 0 Å². The minimum atomic E-state index is -4.31. The highest BCUT2D eigenvalue weighted by atomic mass is 19.4. The van der Waals surface area contributed by atoms with Gasteiger partial charge >= 0.3 is 6.18 Å². The number of nitrogens with zero attached hydrogens (tertiary/aromatic N) is 1. The van der Waals surface area contributed by atoms with Crippen molar-refractivity contribution in [1.82, 2.24) is 4.98 Å². The van der Waals surface area contributed by atoms with E-state index in [1.165, 1.54) is 25.3 Å². The quantitative estimate of drug-likeness (QED) is 0.876. The van der Waals surface area contributed by atoms with Crippen molar-refractivity contribution in [1.29, 1.82) is 0 Å². The van der Waals surface area contributed by atoms with Crippen LogP contribution in [-0.2, 0) is 6.18 Å². The lowest BCUT2D eigenvalue weighted by molar-refractivity contribution is -0.137. The number of halogens is 3. The fourth-order valence-corrected chi connectivity index (χ4v) is 1.93. The topological polar surface area (TPSA) is 24.9 Å². The molecule has 1 aliphatic rings. The molecule has 1 saturated carbocycles. The number of anilines is 1. The number of nitrogens with one attached hydrogen (secondary N) is 1.